The van der Waals surface area contributed by atoms with Crippen molar-refractivity contribution in [2.24, 2.45) is 11.8 Å². The number of piperidine rings is 1. The molecule has 2 nitrogen and oxygen atoms in total. The number of hydrogen-bond donors (Lipinski definition) is 1. The lowest BCUT2D eigenvalue weighted by Gasteiger charge is -2.33. The Morgan fingerprint density at radius 2 is 1.70 bits per heavy atom. The van der Waals surface area contributed by atoms with Crippen LogP contribution in [0.5, 0.6) is 0 Å². The summed E-state index contributed by atoms with van der Waals surface area (Å²) in [6.45, 7) is 15.5. The molecular formula is C18H38N2. The summed E-state index contributed by atoms with van der Waals surface area (Å²) in [4.78, 5) is 2.69. The minimum absolute atomic E-state index is 0.716. The van der Waals surface area contributed by atoms with Crippen molar-refractivity contribution in [3.8, 4) is 0 Å². The van der Waals surface area contributed by atoms with E-state index in [2.05, 4.69) is 44.8 Å². The first-order valence-electron chi connectivity index (χ1n) is 8.96. The number of nitrogens with zero attached hydrogens (tertiary/aromatic N) is 1. The van der Waals surface area contributed by atoms with Crippen molar-refractivity contribution in [1.82, 2.24) is 10.2 Å². The molecule has 0 amide bonds. The fourth-order valence-electron chi connectivity index (χ4n) is 3.48. The lowest BCUT2D eigenvalue weighted by atomic mass is 9.95. The summed E-state index contributed by atoms with van der Waals surface area (Å²) in [5.74, 6) is 1.60. The maximum Gasteiger partial charge on any atom is 0.00719 e. The summed E-state index contributed by atoms with van der Waals surface area (Å²) in [5.41, 5.74) is 0. The smallest absolute Gasteiger partial charge is 0.00719 e. The first kappa shape index (κ1) is 18.0. The molecule has 1 N–H and O–H groups in total. The molecule has 1 aliphatic heterocycles. The van der Waals surface area contributed by atoms with Crippen LogP contribution in [0.15, 0.2) is 0 Å². The molecule has 1 heterocycles. The molecule has 1 fully saturated rings. The van der Waals surface area contributed by atoms with Gasteiger partial charge in [-0.2, -0.15) is 0 Å². The second-order valence-corrected chi connectivity index (χ2v) is 7.64. The first-order valence-corrected chi connectivity index (χ1v) is 8.96. The molecular weight excluding hydrogens is 244 g/mol. The fraction of sp³-hybridized carbons (Fsp3) is 1.00. The van der Waals surface area contributed by atoms with E-state index in [-0.39, 0.29) is 0 Å². The summed E-state index contributed by atoms with van der Waals surface area (Å²) in [6.07, 6.45) is 8.17. The van der Waals surface area contributed by atoms with Gasteiger partial charge in [-0.15, -0.1) is 0 Å². The molecule has 0 aromatic rings. The topological polar surface area (TPSA) is 15.3 Å². The highest BCUT2D eigenvalue weighted by Crippen LogP contribution is 2.16. The maximum atomic E-state index is 3.81. The van der Waals surface area contributed by atoms with E-state index in [1.165, 1.54) is 58.2 Å². The largest absolute Gasteiger partial charge is 0.314 e. The summed E-state index contributed by atoms with van der Waals surface area (Å²) in [5, 5.41) is 3.81. The van der Waals surface area contributed by atoms with Crippen molar-refractivity contribution in [3.05, 3.63) is 0 Å². The van der Waals surface area contributed by atoms with E-state index in [4.69, 9.17) is 0 Å². The van der Waals surface area contributed by atoms with E-state index < -0.39 is 0 Å². The van der Waals surface area contributed by atoms with Gasteiger partial charge in [0.05, 0.1) is 0 Å². The highest BCUT2D eigenvalue weighted by molar-refractivity contribution is 4.74. The SMILES string of the molecule is CC(C)CC(CC(C)C)NCCCN1CCCCC1C. The van der Waals surface area contributed by atoms with Gasteiger partial charge in [0.2, 0.25) is 0 Å². The molecule has 1 atom stereocenters. The molecule has 2 heteroatoms. The monoisotopic (exact) mass is 282 g/mol. The third-order valence-electron chi connectivity index (χ3n) is 4.51. The van der Waals surface area contributed by atoms with Crippen LogP contribution in [0.1, 0.15) is 73.1 Å². The van der Waals surface area contributed by atoms with Crippen LogP contribution in [0, 0.1) is 11.8 Å². The minimum Gasteiger partial charge on any atom is -0.314 e. The predicted molar refractivity (Wildman–Crippen MR) is 90.2 cm³/mol. The van der Waals surface area contributed by atoms with E-state index >= 15 is 0 Å². The van der Waals surface area contributed by atoms with Crippen LogP contribution in [0.2, 0.25) is 0 Å². The summed E-state index contributed by atoms with van der Waals surface area (Å²) >= 11 is 0. The van der Waals surface area contributed by atoms with Gasteiger partial charge >= 0.3 is 0 Å². The maximum absolute atomic E-state index is 3.81. The second-order valence-electron chi connectivity index (χ2n) is 7.64. The molecule has 120 valence electrons. The highest BCUT2D eigenvalue weighted by Gasteiger charge is 2.17. The van der Waals surface area contributed by atoms with Crippen molar-refractivity contribution in [2.75, 3.05) is 19.6 Å². The molecule has 0 aromatic carbocycles. The second kappa shape index (κ2) is 9.78. The van der Waals surface area contributed by atoms with E-state index in [1.807, 2.05) is 0 Å². The fourth-order valence-corrected chi connectivity index (χ4v) is 3.48. The molecule has 1 aliphatic rings. The minimum atomic E-state index is 0.716. The number of rotatable bonds is 9. The van der Waals surface area contributed by atoms with Gasteiger partial charge in [-0.05, 0) is 70.5 Å². The van der Waals surface area contributed by atoms with Gasteiger partial charge in [0.15, 0.2) is 0 Å². The molecule has 20 heavy (non-hydrogen) atoms. The summed E-state index contributed by atoms with van der Waals surface area (Å²) < 4.78 is 0. The van der Waals surface area contributed by atoms with Gasteiger partial charge in [0.1, 0.15) is 0 Å². The van der Waals surface area contributed by atoms with E-state index in [1.54, 1.807) is 0 Å². The Morgan fingerprint density at radius 3 is 2.25 bits per heavy atom. The first-order chi connectivity index (χ1) is 9.49. The number of hydrogen-bond acceptors (Lipinski definition) is 2. The molecule has 0 aliphatic carbocycles. The van der Waals surface area contributed by atoms with Crippen LogP contribution in [0.25, 0.3) is 0 Å². The van der Waals surface area contributed by atoms with Crippen LogP contribution < -0.4 is 5.32 Å². The Hall–Kier alpha value is -0.0800. The van der Waals surface area contributed by atoms with Gasteiger partial charge < -0.3 is 10.2 Å². The zero-order valence-corrected chi connectivity index (χ0v) is 14.6. The van der Waals surface area contributed by atoms with Gasteiger partial charge in [0.25, 0.3) is 0 Å². The van der Waals surface area contributed by atoms with Gasteiger partial charge in [-0.25, -0.2) is 0 Å². The van der Waals surface area contributed by atoms with Gasteiger partial charge in [0, 0.05) is 12.1 Å². The van der Waals surface area contributed by atoms with E-state index in [0.717, 1.165) is 17.9 Å². The standard InChI is InChI=1S/C18H38N2/c1-15(2)13-18(14-16(3)4)19-10-8-12-20-11-7-6-9-17(20)5/h15-19H,6-14H2,1-5H3. The van der Waals surface area contributed by atoms with Crippen LogP contribution in [0.4, 0.5) is 0 Å². The zero-order valence-electron chi connectivity index (χ0n) is 14.6. The van der Waals surface area contributed by atoms with Crippen LogP contribution in [-0.4, -0.2) is 36.6 Å². The highest BCUT2D eigenvalue weighted by atomic mass is 15.2. The number of nitrogens with one attached hydrogen (secondary N) is 1. The molecule has 0 bridgehead atoms. The van der Waals surface area contributed by atoms with Crippen molar-refractivity contribution in [1.29, 1.82) is 0 Å². The Balaban J connectivity index is 2.18. The lowest BCUT2D eigenvalue weighted by molar-refractivity contribution is 0.158. The summed E-state index contributed by atoms with van der Waals surface area (Å²) in [7, 11) is 0. The molecule has 0 spiro atoms. The third kappa shape index (κ3) is 7.64. The molecule has 0 aromatic heterocycles. The predicted octanol–water partition coefficient (Wildman–Crippen LogP) is 4.30. The summed E-state index contributed by atoms with van der Waals surface area (Å²) in [6, 6.07) is 1.53. The zero-order chi connectivity index (χ0) is 15.0. The Labute approximate surface area is 127 Å². The molecule has 1 rings (SSSR count). The average Bonchev–Trinajstić information content (AvgIpc) is 2.35. The molecule has 0 saturated carbocycles. The third-order valence-corrected chi connectivity index (χ3v) is 4.51. The molecule has 0 radical (unpaired) electrons. The molecule has 1 saturated heterocycles. The normalized spacial score (nSPS) is 21.3. The lowest BCUT2D eigenvalue weighted by Crippen LogP contribution is -2.40. The number of likely N-dealkylation sites (tertiary alicyclic amines) is 1. The van der Waals surface area contributed by atoms with Crippen LogP contribution >= 0.6 is 0 Å². The Kier molecular flexibility index (Phi) is 8.79. The van der Waals surface area contributed by atoms with Crippen molar-refractivity contribution in [2.45, 2.75) is 85.2 Å². The Morgan fingerprint density at radius 1 is 1.05 bits per heavy atom. The Bertz CT molecular complexity index is 228. The van der Waals surface area contributed by atoms with Crippen LogP contribution in [-0.2, 0) is 0 Å². The van der Waals surface area contributed by atoms with E-state index in [0.29, 0.717) is 6.04 Å². The van der Waals surface area contributed by atoms with Crippen molar-refractivity contribution < 1.29 is 0 Å². The van der Waals surface area contributed by atoms with E-state index in [9.17, 15) is 0 Å². The van der Waals surface area contributed by atoms with Crippen LogP contribution in [0.3, 0.4) is 0 Å². The van der Waals surface area contributed by atoms with Gasteiger partial charge in [-0.1, -0.05) is 34.1 Å². The van der Waals surface area contributed by atoms with Crippen molar-refractivity contribution >= 4 is 0 Å². The quantitative estimate of drug-likeness (QED) is 0.634. The molecule has 1 unspecified atom stereocenters. The van der Waals surface area contributed by atoms with Crippen molar-refractivity contribution in [3.63, 3.8) is 0 Å². The average molecular weight is 283 g/mol. The van der Waals surface area contributed by atoms with Gasteiger partial charge in [-0.3, -0.25) is 0 Å².